The maximum atomic E-state index is 4.67. The molecule has 5 aromatic carbocycles. The van der Waals surface area contributed by atoms with Gasteiger partial charge in [0, 0.05) is 32.9 Å². The van der Waals surface area contributed by atoms with Crippen LogP contribution in [0, 0.1) is 0 Å². The Bertz CT molecular complexity index is 1610. The molecule has 1 heterocycles. The normalized spacial score (nSPS) is 14.5. The van der Waals surface area contributed by atoms with Crippen molar-refractivity contribution in [2.24, 2.45) is 20.5 Å². The van der Waals surface area contributed by atoms with E-state index in [9.17, 15) is 0 Å². The van der Waals surface area contributed by atoms with Crippen molar-refractivity contribution in [3.05, 3.63) is 97.1 Å². The first-order valence-corrected chi connectivity index (χ1v) is 11.6. The summed E-state index contributed by atoms with van der Waals surface area (Å²) in [4.78, 5) is 0. The molecule has 0 unspecified atom stereocenters. The molecule has 1 aliphatic heterocycles. The van der Waals surface area contributed by atoms with E-state index in [1.165, 1.54) is 0 Å². The molecule has 5 aromatic rings. The van der Waals surface area contributed by atoms with E-state index in [0.29, 0.717) is 0 Å². The van der Waals surface area contributed by atoms with Crippen molar-refractivity contribution in [1.29, 1.82) is 0 Å². The van der Waals surface area contributed by atoms with Gasteiger partial charge in [0.05, 0.1) is 22.7 Å². The Labute approximate surface area is 203 Å². The van der Waals surface area contributed by atoms with Gasteiger partial charge in [-0.15, -0.1) is 15.3 Å². The van der Waals surface area contributed by atoms with Gasteiger partial charge in [-0.3, -0.25) is 0 Å². The zero-order valence-electron chi connectivity index (χ0n) is 19.5. The second kappa shape index (κ2) is 8.33. The van der Waals surface area contributed by atoms with Crippen molar-refractivity contribution in [3.63, 3.8) is 0 Å². The van der Waals surface area contributed by atoms with Gasteiger partial charge in [0.15, 0.2) is 0 Å². The Kier molecular flexibility index (Phi) is 4.99. The lowest BCUT2D eigenvalue weighted by Gasteiger charge is -2.36. The van der Waals surface area contributed by atoms with Crippen LogP contribution in [-0.2, 0) is 0 Å². The molecule has 1 aliphatic rings. The second-order valence-corrected chi connectivity index (χ2v) is 9.12. The molecule has 0 saturated carbocycles. The fourth-order valence-electron chi connectivity index (χ4n) is 4.55. The molecule has 0 spiro atoms. The van der Waals surface area contributed by atoms with Crippen LogP contribution in [0.15, 0.2) is 118 Å². The Morgan fingerprint density at radius 3 is 1.69 bits per heavy atom. The van der Waals surface area contributed by atoms with Gasteiger partial charge in [0.1, 0.15) is 5.66 Å². The molecule has 0 fully saturated rings. The number of azo groups is 2. The molecule has 6 rings (SSSR count). The zero-order valence-corrected chi connectivity index (χ0v) is 19.5. The number of nitrogens with one attached hydrogen (secondary N) is 2. The monoisotopic (exact) mass is 456 g/mol. The minimum absolute atomic E-state index is 0.219. The SMILES string of the molecule is CC1(C)Nc2cccc3c(/N=N/c4ccc(N=Nc5ccccc5)c5ccccc45)ccc(c23)N1. The average Bonchev–Trinajstić information content (AvgIpc) is 2.87. The highest BCUT2D eigenvalue weighted by atomic mass is 15.2. The Balaban J connectivity index is 1.39. The number of hydrogen-bond acceptors (Lipinski definition) is 6. The summed E-state index contributed by atoms with van der Waals surface area (Å²) in [5.41, 5.74) is 5.19. The number of hydrogen-bond donors (Lipinski definition) is 2. The standard InChI is InChI=1S/C29H24N6/c1-29(2)30-26-14-8-13-22-25(17-18-27(31-29)28(22)26)35-34-24-16-15-23(20-11-6-7-12-21(20)24)33-32-19-9-4-3-5-10-19/h3-18,30-31H,1-2H3/b33-32?,35-34+. The highest BCUT2D eigenvalue weighted by Gasteiger charge is 2.25. The van der Waals surface area contributed by atoms with Gasteiger partial charge >= 0.3 is 0 Å². The maximum absolute atomic E-state index is 4.67. The predicted octanol–water partition coefficient (Wildman–Crippen LogP) is 9.40. The predicted molar refractivity (Wildman–Crippen MR) is 144 cm³/mol. The van der Waals surface area contributed by atoms with Gasteiger partial charge in [-0.1, -0.05) is 54.6 Å². The summed E-state index contributed by atoms with van der Waals surface area (Å²) in [5.74, 6) is 0. The van der Waals surface area contributed by atoms with Gasteiger partial charge in [-0.2, -0.15) is 5.11 Å². The van der Waals surface area contributed by atoms with Crippen molar-refractivity contribution in [2.45, 2.75) is 19.5 Å². The summed E-state index contributed by atoms with van der Waals surface area (Å²) < 4.78 is 0. The van der Waals surface area contributed by atoms with Crippen LogP contribution in [0.2, 0.25) is 0 Å². The molecule has 0 aliphatic carbocycles. The van der Waals surface area contributed by atoms with Crippen molar-refractivity contribution in [3.8, 4) is 0 Å². The largest absolute Gasteiger partial charge is 0.363 e. The van der Waals surface area contributed by atoms with Crippen LogP contribution < -0.4 is 10.6 Å². The van der Waals surface area contributed by atoms with Gasteiger partial charge in [-0.25, -0.2) is 0 Å². The minimum Gasteiger partial charge on any atom is -0.363 e. The quantitative estimate of drug-likeness (QED) is 0.264. The van der Waals surface area contributed by atoms with E-state index < -0.39 is 0 Å². The van der Waals surface area contributed by atoms with E-state index in [4.69, 9.17) is 0 Å². The maximum Gasteiger partial charge on any atom is 0.102 e. The van der Waals surface area contributed by atoms with Gasteiger partial charge in [0.2, 0.25) is 0 Å². The summed E-state index contributed by atoms with van der Waals surface area (Å²) in [7, 11) is 0. The fourth-order valence-corrected chi connectivity index (χ4v) is 4.55. The molecular weight excluding hydrogens is 432 g/mol. The van der Waals surface area contributed by atoms with E-state index in [1.54, 1.807) is 0 Å². The van der Waals surface area contributed by atoms with Gasteiger partial charge in [-0.05, 0) is 56.3 Å². The Morgan fingerprint density at radius 2 is 1.00 bits per heavy atom. The number of nitrogens with zero attached hydrogens (tertiary/aromatic N) is 4. The van der Waals surface area contributed by atoms with E-state index in [1.807, 2.05) is 72.8 Å². The van der Waals surface area contributed by atoms with E-state index >= 15 is 0 Å². The first-order valence-electron chi connectivity index (χ1n) is 11.6. The van der Waals surface area contributed by atoms with Gasteiger partial charge < -0.3 is 10.6 Å². The van der Waals surface area contributed by atoms with E-state index in [-0.39, 0.29) is 5.66 Å². The molecule has 2 N–H and O–H groups in total. The average molecular weight is 457 g/mol. The first kappa shape index (κ1) is 21.0. The molecule has 0 saturated heterocycles. The minimum atomic E-state index is -0.219. The highest BCUT2D eigenvalue weighted by Crippen LogP contribution is 2.42. The van der Waals surface area contributed by atoms with Crippen LogP contribution in [0.5, 0.6) is 0 Å². The molecule has 0 atom stereocenters. The zero-order chi connectivity index (χ0) is 23.8. The van der Waals surface area contributed by atoms with Crippen LogP contribution in [0.3, 0.4) is 0 Å². The van der Waals surface area contributed by atoms with Crippen molar-refractivity contribution < 1.29 is 0 Å². The lowest BCUT2D eigenvalue weighted by molar-refractivity contribution is 0.649. The molecule has 170 valence electrons. The number of rotatable bonds is 4. The topological polar surface area (TPSA) is 73.5 Å². The summed E-state index contributed by atoms with van der Waals surface area (Å²) in [6.07, 6.45) is 0. The van der Waals surface area contributed by atoms with Crippen molar-refractivity contribution in [2.75, 3.05) is 10.6 Å². The molecule has 0 aromatic heterocycles. The van der Waals surface area contributed by atoms with E-state index in [0.717, 1.165) is 55.7 Å². The smallest absolute Gasteiger partial charge is 0.102 e. The molecule has 0 amide bonds. The van der Waals surface area contributed by atoms with Crippen LogP contribution >= 0.6 is 0 Å². The number of fused-ring (bicyclic) bond motifs is 1. The summed E-state index contributed by atoms with van der Waals surface area (Å²) in [6, 6.07) is 32.0. The van der Waals surface area contributed by atoms with Crippen LogP contribution in [-0.4, -0.2) is 5.66 Å². The van der Waals surface area contributed by atoms with Crippen LogP contribution in [0.4, 0.5) is 34.1 Å². The van der Waals surface area contributed by atoms with Gasteiger partial charge in [0.25, 0.3) is 0 Å². The third-order valence-corrected chi connectivity index (χ3v) is 6.08. The Hall–Kier alpha value is -4.58. The molecular formula is C29H24N6. The first-order chi connectivity index (χ1) is 17.1. The summed E-state index contributed by atoms with van der Waals surface area (Å²) in [6.45, 7) is 4.24. The van der Waals surface area contributed by atoms with Crippen LogP contribution in [0.1, 0.15) is 13.8 Å². The number of benzene rings is 5. The summed E-state index contributed by atoms with van der Waals surface area (Å²) >= 11 is 0. The summed E-state index contributed by atoms with van der Waals surface area (Å²) in [5, 5.41) is 29.5. The molecule has 6 heteroatoms. The molecule has 0 radical (unpaired) electrons. The molecule has 35 heavy (non-hydrogen) atoms. The van der Waals surface area contributed by atoms with E-state index in [2.05, 4.69) is 69.2 Å². The molecule has 0 bridgehead atoms. The molecule has 6 nitrogen and oxygen atoms in total. The lowest BCUT2D eigenvalue weighted by Crippen LogP contribution is -2.41. The third-order valence-electron chi connectivity index (χ3n) is 6.08. The Morgan fingerprint density at radius 1 is 0.486 bits per heavy atom. The second-order valence-electron chi connectivity index (χ2n) is 9.12. The fraction of sp³-hybridized carbons (Fsp3) is 0.103. The third kappa shape index (κ3) is 3.99. The lowest BCUT2D eigenvalue weighted by atomic mass is 10.00. The van der Waals surface area contributed by atoms with Crippen molar-refractivity contribution in [1.82, 2.24) is 0 Å². The van der Waals surface area contributed by atoms with Crippen LogP contribution in [0.25, 0.3) is 21.5 Å². The highest BCUT2D eigenvalue weighted by molar-refractivity contribution is 6.09. The van der Waals surface area contributed by atoms with Crippen molar-refractivity contribution >= 4 is 55.7 Å². The number of anilines is 2.